The maximum atomic E-state index is 12.2. The van der Waals surface area contributed by atoms with Crippen LogP contribution < -0.4 is 0 Å². The Hall–Kier alpha value is -0.930. The normalized spacial score (nSPS) is 47.2. The van der Waals surface area contributed by atoms with Crippen molar-refractivity contribution in [2.24, 2.45) is 28.6 Å². The van der Waals surface area contributed by atoms with E-state index in [9.17, 15) is 15.0 Å². The number of ketones is 1. The number of aliphatic hydroxyl groups is 2. The molecule has 0 heterocycles. The highest BCUT2D eigenvalue weighted by Crippen LogP contribution is 2.64. The molecule has 6 atom stereocenters. The van der Waals surface area contributed by atoms with Gasteiger partial charge in [0.1, 0.15) is 6.61 Å². The zero-order chi connectivity index (χ0) is 17.1. The Morgan fingerprint density at radius 2 is 1.88 bits per heavy atom. The van der Waals surface area contributed by atoms with E-state index in [1.54, 1.807) is 0 Å². The molecule has 0 amide bonds. The number of fused-ring (bicyclic) bond motifs is 5. The Morgan fingerprint density at radius 3 is 2.62 bits per heavy atom. The first kappa shape index (κ1) is 16.5. The van der Waals surface area contributed by atoms with Gasteiger partial charge < -0.3 is 10.2 Å². The summed E-state index contributed by atoms with van der Waals surface area (Å²) in [6, 6.07) is 0. The molecule has 2 N–H and O–H groups in total. The SMILES string of the molecule is C[C@]12CC[C@H](O)CC1=CC[C@@H]1[C@@H]2CC[C@]2(C)C(C(=O)CO)=CC[C@@H]12. The van der Waals surface area contributed by atoms with Crippen LogP contribution in [-0.4, -0.2) is 28.7 Å². The van der Waals surface area contributed by atoms with E-state index in [1.807, 2.05) is 0 Å². The first-order valence-corrected chi connectivity index (χ1v) is 9.62. The lowest BCUT2D eigenvalue weighted by Crippen LogP contribution is -2.50. The van der Waals surface area contributed by atoms with Crippen molar-refractivity contribution in [3.63, 3.8) is 0 Å². The molecule has 4 aliphatic rings. The van der Waals surface area contributed by atoms with Crippen molar-refractivity contribution in [3.05, 3.63) is 23.3 Å². The second-order valence-corrected chi connectivity index (χ2v) is 9.05. The molecule has 0 aromatic rings. The van der Waals surface area contributed by atoms with Crippen LogP contribution in [0.3, 0.4) is 0 Å². The van der Waals surface area contributed by atoms with E-state index >= 15 is 0 Å². The lowest BCUT2D eigenvalue weighted by molar-refractivity contribution is -0.120. The van der Waals surface area contributed by atoms with Crippen molar-refractivity contribution < 1.29 is 15.0 Å². The summed E-state index contributed by atoms with van der Waals surface area (Å²) in [6.45, 7) is 4.32. The van der Waals surface area contributed by atoms with E-state index in [-0.39, 0.29) is 29.3 Å². The summed E-state index contributed by atoms with van der Waals surface area (Å²) in [4.78, 5) is 12.2. The average Bonchev–Trinajstić information content (AvgIpc) is 2.92. The Balaban J connectivity index is 1.65. The van der Waals surface area contributed by atoms with Crippen molar-refractivity contribution >= 4 is 5.78 Å². The van der Waals surface area contributed by atoms with Crippen LogP contribution in [0.1, 0.15) is 58.8 Å². The largest absolute Gasteiger partial charge is 0.393 e. The molecule has 0 bridgehead atoms. The van der Waals surface area contributed by atoms with E-state index in [1.165, 1.54) is 5.57 Å². The zero-order valence-corrected chi connectivity index (χ0v) is 14.9. The zero-order valence-electron chi connectivity index (χ0n) is 14.9. The van der Waals surface area contributed by atoms with Crippen LogP contribution in [-0.2, 0) is 4.79 Å². The quantitative estimate of drug-likeness (QED) is 0.763. The van der Waals surface area contributed by atoms with E-state index < -0.39 is 0 Å². The second-order valence-electron chi connectivity index (χ2n) is 9.05. The van der Waals surface area contributed by atoms with Crippen molar-refractivity contribution in [2.75, 3.05) is 6.61 Å². The topological polar surface area (TPSA) is 57.5 Å². The monoisotopic (exact) mass is 330 g/mol. The summed E-state index contributed by atoms with van der Waals surface area (Å²) in [5.41, 5.74) is 2.58. The summed E-state index contributed by atoms with van der Waals surface area (Å²) in [5, 5.41) is 19.4. The molecule has 24 heavy (non-hydrogen) atoms. The number of carbonyl (C=O) groups excluding carboxylic acids is 1. The van der Waals surface area contributed by atoms with Crippen LogP contribution in [0.15, 0.2) is 23.3 Å². The Labute approximate surface area is 144 Å². The van der Waals surface area contributed by atoms with Crippen LogP contribution in [0.4, 0.5) is 0 Å². The number of aliphatic hydroxyl groups excluding tert-OH is 2. The number of carbonyl (C=O) groups is 1. The summed E-state index contributed by atoms with van der Waals surface area (Å²) in [5.74, 6) is 1.77. The van der Waals surface area contributed by atoms with Crippen molar-refractivity contribution in [1.82, 2.24) is 0 Å². The van der Waals surface area contributed by atoms with Gasteiger partial charge >= 0.3 is 0 Å². The van der Waals surface area contributed by atoms with E-state index in [2.05, 4.69) is 26.0 Å². The smallest absolute Gasteiger partial charge is 0.184 e. The van der Waals surface area contributed by atoms with E-state index in [4.69, 9.17) is 0 Å². The first-order chi connectivity index (χ1) is 11.4. The van der Waals surface area contributed by atoms with Gasteiger partial charge in [0.15, 0.2) is 5.78 Å². The third-order valence-corrected chi connectivity index (χ3v) is 8.10. The standard InChI is InChI=1S/C21H30O3/c1-20-9-7-14(23)11-13(20)3-4-15-16-5-6-18(19(24)12-22)21(16,2)10-8-17(15)20/h3,6,14-17,22-23H,4-5,7-12H2,1-2H3/t14-,15-,16-,17-,20-,21-/m0/s1. The Bertz CT molecular complexity index is 619. The number of Topliss-reactive ketones (excluding diaryl/α,β-unsaturated/α-hetero) is 1. The first-order valence-electron chi connectivity index (χ1n) is 9.62. The minimum absolute atomic E-state index is 0.0448. The molecule has 132 valence electrons. The highest BCUT2D eigenvalue weighted by molar-refractivity contribution is 5.98. The van der Waals surface area contributed by atoms with E-state index in [0.29, 0.717) is 17.8 Å². The van der Waals surface area contributed by atoms with Crippen molar-refractivity contribution in [1.29, 1.82) is 0 Å². The predicted molar refractivity (Wildman–Crippen MR) is 93.3 cm³/mol. The molecule has 0 radical (unpaired) electrons. The molecular weight excluding hydrogens is 300 g/mol. The van der Waals surface area contributed by atoms with Gasteiger partial charge in [-0.2, -0.15) is 0 Å². The third kappa shape index (κ3) is 2.13. The third-order valence-electron chi connectivity index (χ3n) is 8.10. The minimum Gasteiger partial charge on any atom is -0.393 e. The molecule has 0 aliphatic heterocycles. The maximum Gasteiger partial charge on any atom is 0.184 e. The molecule has 0 aromatic carbocycles. The maximum absolute atomic E-state index is 12.2. The summed E-state index contributed by atoms with van der Waals surface area (Å²) < 4.78 is 0. The summed E-state index contributed by atoms with van der Waals surface area (Å²) >= 11 is 0. The Morgan fingerprint density at radius 1 is 1.12 bits per heavy atom. The second kappa shape index (κ2) is 5.54. The average molecular weight is 330 g/mol. The minimum atomic E-state index is -0.359. The highest BCUT2D eigenvalue weighted by atomic mass is 16.3. The number of allylic oxidation sites excluding steroid dienone is 2. The van der Waals surface area contributed by atoms with Gasteiger partial charge in [-0.05, 0) is 79.1 Å². The highest BCUT2D eigenvalue weighted by Gasteiger charge is 2.57. The number of hydrogen-bond donors (Lipinski definition) is 2. The molecule has 0 aromatic heterocycles. The van der Waals surface area contributed by atoms with Gasteiger partial charge in [0.2, 0.25) is 0 Å². The molecule has 4 aliphatic carbocycles. The molecule has 0 saturated heterocycles. The van der Waals surface area contributed by atoms with E-state index in [0.717, 1.165) is 50.5 Å². The molecule has 2 saturated carbocycles. The fourth-order valence-corrected chi connectivity index (χ4v) is 6.73. The van der Waals surface area contributed by atoms with Crippen LogP contribution in [0.25, 0.3) is 0 Å². The molecule has 3 nitrogen and oxygen atoms in total. The van der Waals surface area contributed by atoms with Crippen molar-refractivity contribution in [2.45, 2.75) is 64.9 Å². The van der Waals surface area contributed by atoms with Crippen LogP contribution in [0, 0.1) is 28.6 Å². The van der Waals surface area contributed by atoms with Gasteiger partial charge in [0.05, 0.1) is 6.10 Å². The van der Waals surface area contributed by atoms with Crippen LogP contribution in [0.5, 0.6) is 0 Å². The summed E-state index contributed by atoms with van der Waals surface area (Å²) in [6.07, 6.45) is 11.6. The fourth-order valence-electron chi connectivity index (χ4n) is 6.73. The lowest BCUT2D eigenvalue weighted by atomic mass is 9.47. The van der Waals surface area contributed by atoms with Gasteiger partial charge in [-0.3, -0.25) is 4.79 Å². The predicted octanol–water partition coefficient (Wildman–Crippen LogP) is 3.41. The van der Waals surface area contributed by atoms with Gasteiger partial charge in [0, 0.05) is 0 Å². The molecule has 4 rings (SSSR count). The summed E-state index contributed by atoms with van der Waals surface area (Å²) in [7, 11) is 0. The Kier molecular flexibility index (Phi) is 3.81. The van der Waals surface area contributed by atoms with Gasteiger partial charge in [0.25, 0.3) is 0 Å². The molecule has 2 fully saturated rings. The lowest BCUT2D eigenvalue weighted by Gasteiger charge is -2.57. The number of hydrogen-bond acceptors (Lipinski definition) is 3. The number of rotatable bonds is 2. The molecule has 0 unspecified atom stereocenters. The van der Waals surface area contributed by atoms with Gasteiger partial charge in [-0.1, -0.05) is 31.6 Å². The van der Waals surface area contributed by atoms with Crippen molar-refractivity contribution in [3.8, 4) is 0 Å². The fraction of sp³-hybridized carbons (Fsp3) is 0.762. The molecule has 0 spiro atoms. The van der Waals surface area contributed by atoms with Gasteiger partial charge in [-0.25, -0.2) is 0 Å². The van der Waals surface area contributed by atoms with Crippen LogP contribution >= 0.6 is 0 Å². The molecular formula is C21H30O3. The molecule has 3 heteroatoms. The van der Waals surface area contributed by atoms with Crippen LogP contribution in [0.2, 0.25) is 0 Å². The van der Waals surface area contributed by atoms with Gasteiger partial charge in [-0.15, -0.1) is 0 Å².